The van der Waals surface area contributed by atoms with E-state index in [1.54, 1.807) is 36.6 Å². The minimum atomic E-state index is -0.592. The van der Waals surface area contributed by atoms with Crippen LogP contribution in [0.25, 0.3) is 0 Å². The van der Waals surface area contributed by atoms with E-state index < -0.39 is 17.8 Å². The fraction of sp³-hybridized carbons (Fsp3) is 0.0714. The molecule has 1 atom stereocenters. The molecule has 6 heteroatoms. The van der Waals surface area contributed by atoms with Crippen molar-refractivity contribution in [3.05, 3.63) is 131 Å². The molecular formula is C28H20N2O4. The number of nitriles is 1. The van der Waals surface area contributed by atoms with Crippen molar-refractivity contribution in [1.29, 1.82) is 5.26 Å². The second-order valence-corrected chi connectivity index (χ2v) is 7.82. The molecule has 0 bridgehead atoms. The van der Waals surface area contributed by atoms with Crippen LogP contribution >= 0.6 is 0 Å². The van der Waals surface area contributed by atoms with Gasteiger partial charge in [-0.2, -0.15) is 5.26 Å². The van der Waals surface area contributed by atoms with Gasteiger partial charge in [-0.15, -0.1) is 0 Å². The average molecular weight is 448 g/mol. The van der Waals surface area contributed by atoms with Crippen molar-refractivity contribution in [3.8, 4) is 17.6 Å². The molecule has 1 aliphatic heterocycles. The van der Waals surface area contributed by atoms with Gasteiger partial charge in [-0.05, 0) is 29.3 Å². The van der Waals surface area contributed by atoms with Gasteiger partial charge in [-0.25, -0.2) is 0 Å². The van der Waals surface area contributed by atoms with Crippen LogP contribution < -0.4 is 15.2 Å². The van der Waals surface area contributed by atoms with E-state index in [0.29, 0.717) is 22.8 Å². The first kappa shape index (κ1) is 21.1. The highest BCUT2D eigenvalue weighted by molar-refractivity contribution is 5.84. The topological polar surface area (TPSA) is 98.5 Å². The fourth-order valence-corrected chi connectivity index (χ4v) is 4.18. The van der Waals surface area contributed by atoms with E-state index in [1.165, 1.54) is 0 Å². The molecule has 0 spiro atoms. The molecule has 1 unspecified atom stereocenters. The van der Waals surface area contributed by atoms with Crippen molar-refractivity contribution in [3.63, 3.8) is 0 Å². The Morgan fingerprint density at radius 3 is 2.21 bits per heavy atom. The highest BCUT2D eigenvalue weighted by Gasteiger charge is 2.33. The van der Waals surface area contributed by atoms with E-state index in [4.69, 9.17) is 19.6 Å². The van der Waals surface area contributed by atoms with Gasteiger partial charge in [0.2, 0.25) is 5.88 Å². The number of rotatable bonds is 5. The monoisotopic (exact) mass is 448 g/mol. The lowest BCUT2D eigenvalue weighted by molar-refractivity contribution is -0.135. The minimum absolute atomic E-state index is 0.00803. The Morgan fingerprint density at radius 1 is 0.941 bits per heavy atom. The van der Waals surface area contributed by atoms with Crippen LogP contribution in [0.15, 0.2) is 113 Å². The van der Waals surface area contributed by atoms with Crippen LogP contribution in [0.1, 0.15) is 34.3 Å². The predicted molar refractivity (Wildman–Crippen MR) is 125 cm³/mol. The average Bonchev–Trinajstić information content (AvgIpc) is 3.39. The molecule has 2 N–H and O–H groups in total. The first-order chi connectivity index (χ1) is 16.7. The molecule has 4 aromatic rings. The number of carbonyl (C=O) groups is 1. The van der Waals surface area contributed by atoms with Crippen LogP contribution in [-0.4, -0.2) is 5.97 Å². The SMILES string of the molecule is N#CC1=C(N)Oc2cc(OC(=O)C(c3ccccc3)c3ccccc3)ccc2C1c1ccco1. The number of ether oxygens (including phenoxy) is 2. The summed E-state index contributed by atoms with van der Waals surface area (Å²) >= 11 is 0. The van der Waals surface area contributed by atoms with E-state index in [-0.39, 0.29) is 11.5 Å². The summed E-state index contributed by atoms with van der Waals surface area (Å²) in [6.45, 7) is 0. The lowest BCUT2D eigenvalue weighted by atomic mass is 9.87. The third-order valence-electron chi connectivity index (χ3n) is 5.74. The molecule has 5 rings (SSSR count). The van der Waals surface area contributed by atoms with Gasteiger partial charge in [0.15, 0.2) is 0 Å². The summed E-state index contributed by atoms with van der Waals surface area (Å²) in [6.07, 6.45) is 1.54. The molecule has 0 saturated carbocycles. The number of esters is 1. The maximum absolute atomic E-state index is 13.3. The molecule has 2 heterocycles. The molecular weight excluding hydrogens is 428 g/mol. The summed E-state index contributed by atoms with van der Waals surface area (Å²) in [5.74, 6) is -0.239. The molecule has 6 nitrogen and oxygen atoms in total. The lowest BCUT2D eigenvalue weighted by Crippen LogP contribution is -2.22. The standard InChI is InChI=1S/C28H20N2O4/c29-17-22-26(23-12-7-15-32-23)21-14-13-20(16-24(21)34-27(22)30)33-28(31)25(18-8-3-1-4-9-18)19-10-5-2-6-11-19/h1-16,25-26H,30H2. The van der Waals surface area contributed by atoms with Crippen LogP contribution in [0.2, 0.25) is 0 Å². The highest BCUT2D eigenvalue weighted by atomic mass is 16.5. The molecule has 1 aliphatic rings. The second kappa shape index (κ2) is 9.00. The smallest absolute Gasteiger partial charge is 0.323 e. The normalized spacial score (nSPS) is 14.8. The Balaban J connectivity index is 1.48. The van der Waals surface area contributed by atoms with Gasteiger partial charge in [0.25, 0.3) is 0 Å². The maximum atomic E-state index is 13.3. The largest absolute Gasteiger partial charge is 0.468 e. The van der Waals surface area contributed by atoms with Crippen molar-refractivity contribution >= 4 is 5.97 Å². The summed E-state index contributed by atoms with van der Waals surface area (Å²) in [5, 5.41) is 9.63. The number of carbonyl (C=O) groups excluding carboxylic acids is 1. The number of hydrogen-bond donors (Lipinski definition) is 1. The number of benzene rings is 3. The zero-order valence-electron chi connectivity index (χ0n) is 18.0. The summed E-state index contributed by atoms with van der Waals surface area (Å²) < 4.78 is 17.1. The molecule has 3 aromatic carbocycles. The number of allylic oxidation sites excluding steroid dienone is 1. The summed E-state index contributed by atoms with van der Waals surface area (Å²) in [7, 11) is 0. The Morgan fingerprint density at radius 2 is 1.62 bits per heavy atom. The Kier molecular flexibility index (Phi) is 5.59. The number of nitrogens with zero attached hydrogens (tertiary/aromatic N) is 1. The molecule has 1 aromatic heterocycles. The minimum Gasteiger partial charge on any atom is -0.468 e. The van der Waals surface area contributed by atoms with Gasteiger partial charge >= 0.3 is 5.97 Å². The Labute approximate surface area is 196 Å². The molecule has 0 radical (unpaired) electrons. The highest BCUT2D eigenvalue weighted by Crippen LogP contribution is 2.43. The zero-order valence-corrected chi connectivity index (χ0v) is 18.0. The van der Waals surface area contributed by atoms with Gasteiger partial charge in [0, 0.05) is 11.6 Å². The molecule has 166 valence electrons. The van der Waals surface area contributed by atoms with E-state index in [2.05, 4.69) is 6.07 Å². The van der Waals surface area contributed by atoms with Crippen molar-refractivity contribution in [1.82, 2.24) is 0 Å². The van der Waals surface area contributed by atoms with Crippen molar-refractivity contribution < 1.29 is 18.7 Å². The molecule has 0 amide bonds. The van der Waals surface area contributed by atoms with Crippen molar-refractivity contribution in [2.24, 2.45) is 5.73 Å². The second-order valence-electron chi connectivity index (χ2n) is 7.82. The van der Waals surface area contributed by atoms with Crippen LogP contribution in [0, 0.1) is 11.3 Å². The maximum Gasteiger partial charge on any atom is 0.323 e. The fourth-order valence-electron chi connectivity index (χ4n) is 4.18. The van der Waals surface area contributed by atoms with E-state index >= 15 is 0 Å². The van der Waals surface area contributed by atoms with Crippen LogP contribution in [0.4, 0.5) is 0 Å². The van der Waals surface area contributed by atoms with Crippen LogP contribution in [0.5, 0.6) is 11.5 Å². The number of hydrogen-bond acceptors (Lipinski definition) is 6. The third-order valence-corrected chi connectivity index (χ3v) is 5.74. The number of furan rings is 1. The summed E-state index contributed by atoms with van der Waals surface area (Å²) in [6, 6.07) is 29.7. The Hall–Kier alpha value is -4.76. The molecule has 34 heavy (non-hydrogen) atoms. The predicted octanol–water partition coefficient (Wildman–Crippen LogP) is 5.24. The Bertz CT molecular complexity index is 1350. The number of nitrogens with two attached hydrogens (primary N) is 1. The van der Waals surface area contributed by atoms with Gasteiger partial charge in [0.05, 0.1) is 12.2 Å². The van der Waals surface area contributed by atoms with Gasteiger partial charge in [-0.1, -0.05) is 66.7 Å². The molecule has 0 fully saturated rings. The van der Waals surface area contributed by atoms with Crippen LogP contribution in [-0.2, 0) is 4.79 Å². The van der Waals surface area contributed by atoms with E-state index in [1.807, 2.05) is 60.7 Å². The quantitative estimate of drug-likeness (QED) is 0.331. The van der Waals surface area contributed by atoms with Gasteiger partial charge in [0.1, 0.15) is 34.8 Å². The van der Waals surface area contributed by atoms with Crippen molar-refractivity contribution in [2.75, 3.05) is 0 Å². The summed E-state index contributed by atoms with van der Waals surface area (Å²) in [4.78, 5) is 13.3. The first-order valence-corrected chi connectivity index (χ1v) is 10.7. The summed E-state index contributed by atoms with van der Waals surface area (Å²) in [5.41, 5.74) is 8.66. The first-order valence-electron chi connectivity index (χ1n) is 10.7. The van der Waals surface area contributed by atoms with Gasteiger partial charge in [-0.3, -0.25) is 4.79 Å². The van der Waals surface area contributed by atoms with E-state index in [0.717, 1.165) is 11.1 Å². The number of fused-ring (bicyclic) bond motifs is 1. The van der Waals surface area contributed by atoms with Gasteiger partial charge < -0.3 is 19.6 Å². The lowest BCUT2D eigenvalue weighted by Gasteiger charge is -2.25. The van der Waals surface area contributed by atoms with Crippen LogP contribution in [0.3, 0.4) is 0 Å². The van der Waals surface area contributed by atoms with Crippen molar-refractivity contribution in [2.45, 2.75) is 11.8 Å². The zero-order chi connectivity index (χ0) is 23.5. The molecule has 0 aliphatic carbocycles. The molecule has 0 saturated heterocycles. The van der Waals surface area contributed by atoms with E-state index in [9.17, 15) is 10.1 Å². The third kappa shape index (κ3) is 3.91.